The number of piperidine rings is 1. The molecule has 2 aliphatic rings. The van der Waals surface area contributed by atoms with Crippen LogP contribution < -0.4 is 0 Å². The highest BCUT2D eigenvalue weighted by Gasteiger charge is 2.22. The normalized spacial score (nSPS) is 23.2. The van der Waals surface area contributed by atoms with Crippen LogP contribution in [0.4, 0.5) is 0 Å². The Bertz CT molecular complexity index is 426. The molecule has 130 valence electrons. The van der Waals surface area contributed by atoms with Crippen LogP contribution in [0.25, 0.3) is 0 Å². The van der Waals surface area contributed by atoms with Crippen molar-refractivity contribution in [2.45, 2.75) is 31.9 Å². The fraction of sp³-hybridized carbons (Fsp3) is 0.824. The molecule has 1 aromatic heterocycles. The molecule has 0 spiro atoms. The number of ether oxygens (including phenoxy) is 1. The first-order valence-corrected chi connectivity index (χ1v) is 8.97. The van der Waals surface area contributed by atoms with Crippen LogP contribution in [0, 0.1) is 5.92 Å². The van der Waals surface area contributed by atoms with Crippen molar-refractivity contribution in [2.75, 3.05) is 52.5 Å². The molecule has 6 heteroatoms. The topological polar surface area (TPSA) is 53.8 Å². The minimum absolute atomic E-state index is 0.334. The predicted octanol–water partition coefficient (Wildman–Crippen LogP) is 0.678. The molecule has 1 atom stereocenters. The van der Waals surface area contributed by atoms with Crippen molar-refractivity contribution in [3.63, 3.8) is 0 Å². The molecule has 3 heterocycles. The number of nitrogens with zero attached hydrogens (tertiary/aromatic N) is 4. The average molecular weight is 322 g/mol. The molecule has 0 saturated carbocycles. The van der Waals surface area contributed by atoms with E-state index in [0.29, 0.717) is 6.54 Å². The van der Waals surface area contributed by atoms with Gasteiger partial charge < -0.3 is 14.7 Å². The molecule has 1 N–H and O–H groups in total. The second kappa shape index (κ2) is 8.78. The van der Waals surface area contributed by atoms with Crippen molar-refractivity contribution in [1.82, 2.24) is 19.6 Å². The van der Waals surface area contributed by atoms with E-state index < -0.39 is 0 Å². The summed E-state index contributed by atoms with van der Waals surface area (Å²) in [6.07, 6.45) is 7.16. The Morgan fingerprint density at radius 1 is 1.09 bits per heavy atom. The summed E-state index contributed by atoms with van der Waals surface area (Å²) in [5.41, 5.74) is 0. The van der Waals surface area contributed by atoms with Crippen LogP contribution in [0.15, 0.2) is 18.5 Å². The van der Waals surface area contributed by atoms with Gasteiger partial charge in [0, 0.05) is 32.0 Å². The van der Waals surface area contributed by atoms with Crippen molar-refractivity contribution in [1.29, 1.82) is 0 Å². The summed E-state index contributed by atoms with van der Waals surface area (Å²) in [6, 6.07) is 1.90. The highest BCUT2D eigenvalue weighted by atomic mass is 16.5. The lowest BCUT2D eigenvalue weighted by molar-refractivity contribution is 0.0320. The van der Waals surface area contributed by atoms with Gasteiger partial charge in [0.1, 0.15) is 0 Å². The van der Waals surface area contributed by atoms with Gasteiger partial charge in [-0.15, -0.1) is 0 Å². The van der Waals surface area contributed by atoms with Crippen LogP contribution in [0.2, 0.25) is 0 Å². The maximum atomic E-state index is 10.2. The second-order valence-electron chi connectivity index (χ2n) is 6.87. The molecule has 0 amide bonds. The van der Waals surface area contributed by atoms with E-state index in [2.05, 4.69) is 14.9 Å². The van der Waals surface area contributed by atoms with Gasteiger partial charge in [-0.05, 0) is 50.9 Å². The van der Waals surface area contributed by atoms with E-state index in [-0.39, 0.29) is 6.10 Å². The molecule has 1 unspecified atom stereocenters. The highest BCUT2D eigenvalue weighted by Crippen LogP contribution is 2.21. The molecule has 0 aliphatic carbocycles. The molecule has 3 rings (SSSR count). The maximum Gasteiger partial charge on any atom is 0.0862 e. The number of aliphatic hydroxyl groups is 1. The fourth-order valence-electron chi connectivity index (χ4n) is 3.63. The number of aromatic nitrogens is 2. The van der Waals surface area contributed by atoms with E-state index in [1.54, 1.807) is 10.9 Å². The zero-order chi connectivity index (χ0) is 15.9. The van der Waals surface area contributed by atoms with Crippen LogP contribution in [-0.4, -0.2) is 83.3 Å². The van der Waals surface area contributed by atoms with Gasteiger partial charge in [-0.2, -0.15) is 5.10 Å². The van der Waals surface area contributed by atoms with E-state index in [0.717, 1.165) is 51.9 Å². The van der Waals surface area contributed by atoms with Crippen molar-refractivity contribution >= 4 is 0 Å². The molecular weight excluding hydrogens is 292 g/mol. The molecule has 0 radical (unpaired) electrons. The SMILES string of the molecule is OC(CN1CCC(CCN2CCOCC2)CC1)Cn1cccn1. The van der Waals surface area contributed by atoms with Crippen molar-refractivity contribution in [2.24, 2.45) is 5.92 Å². The van der Waals surface area contributed by atoms with Gasteiger partial charge in [0.15, 0.2) is 0 Å². The number of aliphatic hydroxyl groups excluding tert-OH is 1. The summed E-state index contributed by atoms with van der Waals surface area (Å²) in [7, 11) is 0. The number of rotatable bonds is 7. The Morgan fingerprint density at radius 3 is 2.57 bits per heavy atom. The highest BCUT2D eigenvalue weighted by molar-refractivity contribution is 4.80. The number of β-amino-alcohol motifs (C(OH)–C–C–N with tert-alkyl or cyclic N) is 1. The quantitative estimate of drug-likeness (QED) is 0.800. The Hall–Kier alpha value is -0.950. The molecule has 0 bridgehead atoms. The van der Waals surface area contributed by atoms with E-state index in [1.807, 2.05) is 12.3 Å². The first-order valence-electron chi connectivity index (χ1n) is 8.97. The molecule has 2 fully saturated rings. The molecule has 2 saturated heterocycles. The molecule has 6 nitrogen and oxygen atoms in total. The van der Waals surface area contributed by atoms with E-state index >= 15 is 0 Å². The van der Waals surface area contributed by atoms with Crippen LogP contribution in [0.5, 0.6) is 0 Å². The van der Waals surface area contributed by atoms with Gasteiger partial charge in [-0.1, -0.05) is 0 Å². The predicted molar refractivity (Wildman–Crippen MR) is 89.3 cm³/mol. The standard InChI is InChI=1S/C17H30N4O2/c22-17(15-21-6-1-5-18-21)14-20-8-3-16(4-9-20)2-7-19-10-12-23-13-11-19/h1,5-6,16-17,22H,2-4,7-15H2. The smallest absolute Gasteiger partial charge is 0.0862 e. The van der Waals surface area contributed by atoms with Gasteiger partial charge in [0.2, 0.25) is 0 Å². The zero-order valence-corrected chi connectivity index (χ0v) is 14.0. The average Bonchev–Trinajstić information content (AvgIpc) is 3.08. The van der Waals surface area contributed by atoms with Gasteiger partial charge in [-0.25, -0.2) is 0 Å². The van der Waals surface area contributed by atoms with Crippen molar-refractivity contribution in [3.05, 3.63) is 18.5 Å². The largest absolute Gasteiger partial charge is 0.390 e. The number of morpholine rings is 1. The van der Waals surface area contributed by atoms with E-state index in [9.17, 15) is 5.11 Å². The summed E-state index contributed by atoms with van der Waals surface area (Å²) in [5, 5.41) is 14.3. The lowest BCUT2D eigenvalue weighted by atomic mass is 9.93. The summed E-state index contributed by atoms with van der Waals surface area (Å²) >= 11 is 0. The lowest BCUT2D eigenvalue weighted by Crippen LogP contribution is -2.41. The number of hydrogen-bond donors (Lipinski definition) is 1. The third-order valence-corrected chi connectivity index (χ3v) is 5.09. The summed E-state index contributed by atoms with van der Waals surface area (Å²) in [6.45, 7) is 8.78. The minimum atomic E-state index is -0.334. The van der Waals surface area contributed by atoms with Crippen LogP contribution in [-0.2, 0) is 11.3 Å². The van der Waals surface area contributed by atoms with Crippen LogP contribution in [0.1, 0.15) is 19.3 Å². The lowest BCUT2D eigenvalue weighted by Gasteiger charge is -2.34. The third kappa shape index (κ3) is 5.57. The number of likely N-dealkylation sites (tertiary alicyclic amines) is 1. The first-order chi connectivity index (χ1) is 11.3. The van der Waals surface area contributed by atoms with Crippen molar-refractivity contribution < 1.29 is 9.84 Å². The van der Waals surface area contributed by atoms with Crippen LogP contribution >= 0.6 is 0 Å². The Labute approximate surface area is 139 Å². The summed E-state index contributed by atoms with van der Waals surface area (Å²) in [5.74, 6) is 0.845. The summed E-state index contributed by atoms with van der Waals surface area (Å²) < 4.78 is 7.21. The molecular formula is C17H30N4O2. The summed E-state index contributed by atoms with van der Waals surface area (Å²) in [4.78, 5) is 4.93. The third-order valence-electron chi connectivity index (χ3n) is 5.09. The van der Waals surface area contributed by atoms with Gasteiger partial charge in [0.05, 0.1) is 25.9 Å². The zero-order valence-electron chi connectivity index (χ0n) is 14.0. The Morgan fingerprint density at radius 2 is 1.87 bits per heavy atom. The van der Waals surface area contributed by atoms with Gasteiger partial charge in [0.25, 0.3) is 0 Å². The first kappa shape index (κ1) is 16.9. The minimum Gasteiger partial charge on any atom is -0.390 e. The molecule has 0 aromatic carbocycles. The van der Waals surface area contributed by atoms with Gasteiger partial charge in [-0.3, -0.25) is 9.58 Å². The molecule has 2 aliphatic heterocycles. The second-order valence-corrected chi connectivity index (χ2v) is 6.87. The monoisotopic (exact) mass is 322 g/mol. The van der Waals surface area contributed by atoms with E-state index in [4.69, 9.17) is 4.74 Å². The van der Waals surface area contributed by atoms with Crippen LogP contribution in [0.3, 0.4) is 0 Å². The maximum absolute atomic E-state index is 10.2. The Kier molecular flexibility index (Phi) is 6.45. The van der Waals surface area contributed by atoms with Gasteiger partial charge >= 0.3 is 0 Å². The fourth-order valence-corrected chi connectivity index (χ4v) is 3.63. The number of hydrogen-bond acceptors (Lipinski definition) is 5. The molecule has 1 aromatic rings. The van der Waals surface area contributed by atoms with Crippen molar-refractivity contribution in [3.8, 4) is 0 Å². The van der Waals surface area contributed by atoms with E-state index in [1.165, 1.54) is 25.8 Å². The molecule has 23 heavy (non-hydrogen) atoms. The Balaban J connectivity index is 1.30.